The van der Waals surface area contributed by atoms with Crippen LogP contribution in [0.5, 0.6) is 0 Å². The lowest BCUT2D eigenvalue weighted by Crippen LogP contribution is -2.22. The monoisotopic (exact) mass is 235 g/mol. The summed E-state index contributed by atoms with van der Waals surface area (Å²) in [6.45, 7) is 9.14. The van der Waals surface area contributed by atoms with E-state index < -0.39 is 5.60 Å². The molecule has 4 heteroatoms. The standard InChI is InChI=1S/C12H10ClNO2/c1-12(7-16-12)11(15)6-8-3-4-10(14-2)9(13)5-8/h3-5H,6-7H2,1H3/t12-/m0/s1. The zero-order valence-corrected chi connectivity index (χ0v) is 9.54. The molecule has 0 unspecified atom stereocenters. The molecular formula is C12H10ClNO2. The largest absolute Gasteiger partial charge is 0.362 e. The smallest absolute Gasteiger partial charge is 0.205 e. The molecule has 0 bridgehead atoms. The molecule has 1 saturated heterocycles. The van der Waals surface area contributed by atoms with E-state index in [1.807, 2.05) is 0 Å². The summed E-state index contributed by atoms with van der Waals surface area (Å²) in [5.41, 5.74) is 0.635. The quantitative estimate of drug-likeness (QED) is 0.596. The van der Waals surface area contributed by atoms with Crippen LogP contribution in [-0.4, -0.2) is 18.0 Å². The van der Waals surface area contributed by atoms with Gasteiger partial charge in [0.2, 0.25) is 5.69 Å². The highest BCUT2D eigenvalue weighted by Crippen LogP contribution is 2.30. The molecule has 82 valence electrons. The van der Waals surface area contributed by atoms with Crippen LogP contribution in [0.3, 0.4) is 0 Å². The van der Waals surface area contributed by atoms with E-state index in [-0.39, 0.29) is 5.78 Å². The number of hydrogen-bond donors (Lipinski definition) is 0. The van der Waals surface area contributed by atoms with Crippen molar-refractivity contribution in [2.24, 2.45) is 0 Å². The number of Topliss-reactive ketones (excluding diaryl/α,β-unsaturated/α-hetero) is 1. The Labute approximate surface area is 98.8 Å². The zero-order valence-electron chi connectivity index (χ0n) is 8.79. The van der Waals surface area contributed by atoms with Gasteiger partial charge in [0.1, 0.15) is 5.60 Å². The predicted molar refractivity (Wildman–Crippen MR) is 60.8 cm³/mol. The van der Waals surface area contributed by atoms with Gasteiger partial charge in [-0.2, -0.15) is 0 Å². The number of benzene rings is 1. The number of ketones is 1. The summed E-state index contributed by atoms with van der Waals surface area (Å²) < 4.78 is 5.07. The Hall–Kier alpha value is -1.37. The van der Waals surface area contributed by atoms with Crippen molar-refractivity contribution in [3.8, 4) is 0 Å². The molecule has 1 atom stereocenters. The minimum absolute atomic E-state index is 0.0547. The van der Waals surface area contributed by atoms with Crippen LogP contribution in [0.1, 0.15) is 12.5 Å². The van der Waals surface area contributed by atoms with E-state index in [1.165, 1.54) is 0 Å². The minimum Gasteiger partial charge on any atom is -0.362 e. The molecule has 1 aromatic carbocycles. The molecular weight excluding hydrogens is 226 g/mol. The van der Waals surface area contributed by atoms with Crippen LogP contribution in [0, 0.1) is 6.57 Å². The number of rotatable bonds is 3. The molecule has 0 spiro atoms. The van der Waals surface area contributed by atoms with Crippen LogP contribution in [0.4, 0.5) is 5.69 Å². The summed E-state index contributed by atoms with van der Waals surface area (Å²) in [5.74, 6) is 0.0547. The summed E-state index contributed by atoms with van der Waals surface area (Å²) in [6.07, 6.45) is 0.300. The normalized spacial score (nSPS) is 22.6. The lowest BCUT2D eigenvalue weighted by atomic mass is 10.00. The maximum atomic E-state index is 11.7. The number of carbonyl (C=O) groups is 1. The first-order valence-electron chi connectivity index (χ1n) is 4.88. The van der Waals surface area contributed by atoms with Crippen LogP contribution in [0.15, 0.2) is 18.2 Å². The van der Waals surface area contributed by atoms with Crippen molar-refractivity contribution in [3.05, 3.63) is 40.2 Å². The third kappa shape index (κ3) is 2.08. The van der Waals surface area contributed by atoms with Gasteiger partial charge in [-0.05, 0) is 12.5 Å². The molecule has 1 heterocycles. The lowest BCUT2D eigenvalue weighted by molar-refractivity contribution is -0.122. The maximum absolute atomic E-state index is 11.7. The van der Waals surface area contributed by atoms with Crippen molar-refractivity contribution in [1.82, 2.24) is 0 Å². The molecule has 1 aliphatic rings. The number of ether oxygens (including phenoxy) is 1. The van der Waals surface area contributed by atoms with Gasteiger partial charge in [0.25, 0.3) is 0 Å². The van der Waals surface area contributed by atoms with Crippen LogP contribution in [0.2, 0.25) is 5.02 Å². The second-order valence-electron chi connectivity index (χ2n) is 4.02. The number of halogens is 1. The average molecular weight is 236 g/mol. The summed E-state index contributed by atoms with van der Waals surface area (Å²) in [5, 5.41) is 0.391. The Morgan fingerprint density at radius 2 is 2.38 bits per heavy atom. The van der Waals surface area contributed by atoms with Gasteiger partial charge in [0, 0.05) is 11.4 Å². The SMILES string of the molecule is [C-]#[N+]c1ccc(CC(=O)[C@]2(C)CO2)cc1Cl. The van der Waals surface area contributed by atoms with Gasteiger partial charge in [-0.1, -0.05) is 29.8 Å². The van der Waals surface area contributed by atoms with Gasteiger partial charge in [-0.15, -0.1) is 0 Å². The summed E-state index contributed by atoms with van der Waals surface area (Å²) in [4.78, 5) is 15.0. The summed E-state index contributed by atoms with van der Waals surface area (Å²) >= 11 is 5.89. The summed E-state index contributed by atoms with van der Waals surface area (Å²) in [6, 6.07) is 5.05. The van der Waals surface area contributed by atoms with Crippen molar-refractivity contribution < 1.29 is 9.53 Å². The molecule has 0 amide bonds. The van der Waals surface area contributed by atoms with E-state index in [4.69, 9.17) is 22.9 Å². The Bertz CT molecular complexity index is 486. The topological polar surface area (TPSA) is 34.0 Å². The van der Waals surface area contributed by atoms with Crippen LogP contribution in [-0.2, 0) is 16.0 Å². The van der Waals surface area contributed by atoms with Crippen LogP contribution < -0.4 is 0 Å². The number of hydrogen-bond acceptors (Lipinski definition) is 2. The zero-order chi connectivity index (χ0) is 11.8. The van der Waals surface area contributed by atoms with Gasteiger partial charge in [0.05, 0.1) is 13.2 Å². The van der Waals surface area contributed by atoms with E-state index in [9.17, 15) is 4.79 Å². The van der Waals surface area contributed by atoms with Gasteiger partial charge < -0.3 is 4.74 Å². The van der Waals surface area contributed by atoms with Gasteiger partial charge >= 0.3 is 0 Å². The Morgan fingerprint density at radius 1 is 1.69 bits per heavy atom. The molecule has 1 fully saturated rings. The molecule has 0 N–H and O–H groups in total. The van der Waals surface area contributed by atoms with Crippen LogP contribution >= 0.6 is 11.6 Å². The molecule has 2 rings (SSSR count). The lowest BCUT2D eigenvalue weighted by Gasteiger charge is -2.05. The highest BCUT2D eigenvalue weighted by Gasteiger charge is 2.46. The highest BCUT2D eigenvalue weighted by atomic mass is 35.5. The van der Waals surface area contributed by atoms with E-state index >= 15 is 0 Å². The van der Waals surface area contributed by atoms with Gasteiger partial charge in [-0.3, -0.25) is 4.79 Å². The molecule has 1 aliphatic heterocycles. The van der Waals surface area contributed by atoms with Crippen LogP contribution in [0.25, 0.3) is 4.85 Å². The van der Waals surface area contributed by atoms with Crippen molar-refractivity contribution in [1.29, 1.82) is 0 Å². The van der Waals surface area contributed by atoms with Crippen molar-refractivity contribution in [2.45, 2.75) is 18.9 Å². The fraction of sp³-hybridized carbons (Fsp3) is 0.333. The third-order valence-electron chi connectivity index (χ3n) is 2.66. The molecule has 0 aromatic heterocycles. The molecule has 1 aromatic rings. The highest BCUT2D eigenvalue weighted by molar-refractivity contribution is 6.33. The molecule has 16 heavy (non-hydrogen) atoms. The predicted octanol–water partition coefficient (Wildman–Crippen LogP) is 2.79. The Kier molecular flexibility index (Phi) is 2.71. The van der Waals surface area contributed by atoms with E-state index in [0.29, 0.717) is 23.7 Å². The third-order valence-corrected chi connectivity index (χ3v) is 2.97. The van der Waals surface area contributed by atoms with Crippen molar-refractivity contribution >= 4 is 23.1 Å². The van der Waals surface area contributed by atoms with Crippen molar-refractivity contribution in [3.63, 3.8) is 0 Å². The number of nitrogens with zero attached hydrogens (tertiary/aromatic N) is 1. The first-order valence-corrected chi connectivity index (χ1v) is 5.26. The number of carbonyl (C=O) groups excluding carboxylic acids is 1. The van der Waals surface area contributed by atoms with Gasteiger partial charge in [-0.25, -0.2) is 4.85 Å². The molecule has 0 saturated carbocycles. The fourth-order valence-electron chi connectivity index (χ4n) is 1.39. The van der Waals surface area contributed by atoms with E-state index in [0.717, 1.165) is 5.56 Å². The van der Waals surface area contributed by atoms with E-state index in [2.05, 4.69) is 4.85 Å². The molecule has 3 nitrogen and oxygen atoms in total. The Balaban J connectivity index is 2.14. The molecule has 0 radical (unpaired) electrons. The average Bonchev–Trinajstić information content (AvgIpc) is 2.98. The molecule has 0 aliphatic carbocycles. The minimum atomic E-state index is -0.592. The van der Waals surface area contributed by atoms with Gasteiger partial charge in [0.15, 0.2) is 5.78 Å². The fourth-order valence-corrected chi connectivity index (χ4v) is 1.64. The second kappa shape index (κ2) is 3.89. The number of epoxide rings is 1. The first-order chi connectivity index (χ1) is 7.55. The van der Waals surface area contributed by atoms with Crippen molar-refractivity contribution in [2.75, 3.05) is 6.61 Å². The Morgan fingerprint density at radius 3 is 2.88 bits per heavy atom. The first kappa shape index (κ1) is 11.1. The van der Waals surface area contributed by atoms with E-state index in [1.54, 1.807) is 25.1 Å². The second-order valence-corrected chi connectivity index (χ2v) is 4.42. The summed E-state index contributed by atoms with van der Waals surface area (Å²) in [7, 11) is 0. The maximum Gasteiger partial charge on any atom is 0.205 e.